The second-order valence-corrected chi connectivity index (χ2v) is 10.4. The molecule has 0 saturated carbocycles. The molecule has 160 valence electrons. The molecule has 30 heavy (non-hydrogen) atoms. The van der Waals surface area contributed by atoms with Crippen molar-refractivity contribution in [2.45, 2.75) is 43.9 Å². The Labute approximate surface area is 180 Å². The summed E-state index contributed by atoms with van der Waals surface area (Å²) in [5.74, 6) is -0.801. The molecule has 7 nitrogen and oxygen atoms in total. The third-order valence-electron chi connectivity index (χ3n) is 5.45. The summed E-state index contributed by atoms with van der Waals surface area (Å²) >= 11 is 1.41. The van der Waals surface area contributed by atoms with E-state index < -0.39 is 16.0 Å². The van der Waals surface area contributed by atoms with E-state index in [0.717, 1.165) is 42.5 Å². The number of anilines is 1. The van der Waals surface area contributed by atoms with Crippen LogP contribution in [0.15, 0.2) is 29.2 Å². The number of nitrogens with zero attached hydrogens (tertiary/aromatic N) is 1. The smallest absolute Gasteiger partial charge is 0.341 e. The predicted octanol–water partition coefficient (Wildman–Crippen LogP) is 3.45. The fraction of sp³-hybridized carbons (Fsp3) is 0.429. The minimum atomic E-state index is -3.52. The SMILES string of the molecule is CCOC(=O)c1c(NC(=O)c2ccc(S(=O)(=O)N3CCCC3)cc2)sc2c1CCC2. The highest BCUT2D eigenvalue weighted by Crippen LogP contribution is 2.39. The molecule has 2 heterocycles. The number of aryl methyl sites for hydroxylation is 1. The second kappa shape index (κ2) is 8.49. The van der Waals surface area contributed by atoms with Crippen LogP contribution < -0.4 is 5.32 Å². The molecule has 9 heteroatoms. The molecule has 0 unspecified atom stereocenters. The average Bonchev–Trinajstić information content (AvgIpc) is 3.46. The van der Waals surface area contributed by atoms with Gasteiger partial charge in [0.15, 0.2) is 0 Å². The lowest BCUT2D eigenvalue weighted by Gasteiger charge is -2.15. The van der Waals surface area contributed by atoms with E-state index in [0.29, 0.717) is 29.2 Å². The van der Waals surface area contributed by atoms with Gasteiger partial charge in [0.2, 0.25) is 10.0 Å². The van der Waals surface area contributed by atoms with E-state index in [2.05, 4.69) is 5.32 Å². The summed E-state index contributed by atoms with van der Waals surface area (Å²) in [6, 6.07) is 5.93. The van der Waals surface area contributed by atoms with E-state index in [9.17, 15) is 18.0 Å². The predicted molar refractivity (Wildman–Crippen MR) is 115 cm³/mol. The number of nitrogens with one attached hydrogen (secondary N) is 1. The lowest BCUT2D eigenvalue weighted by molar-refractivity contribution is 0.0527. The zero-order valence-corrected chi connectivity index (χ0v) is 18.4. The first-order chi connectivity index (χ1) is 14.4. The molecule has 2 aliphatic rings. The molecule has 0 bridgehead atoms. The van der Waals surface area contributed by atoms with Gasteiger partial charge in [-0.3, -0.25) is 4.79 Å². The van der Waals surface area contributed by atoms with Crippen molar-refractivity contribution >= 4 is 38.2 Å². The molecular formula is C21H24N2O5S2. The van der Waals surface area contributed by atoms with Crippen LogP contribution >= 0.6 is 11.3 Å². The summed E-state index contributed by atoms with van der Waals surface area (Å²) in [4.78, 5) is 26.5. The Bertz CT molecular complexity index is 1070. The van der Waals surface area contributed by atoms with Gasteiger partial charge in [0.25, 0.3) is 5.91 Å². The summed E-state index contributed by atoms with van der Waals surface area (Å²) < 4.78 is 31.9. The normalized spacial score (nSPS) is 16.4. The maximum Gasteiger partial charge on any atom is 0.341 e. The van der Waals surface area contributed by atoms with E-state index in [1.165, 1.54) is 39.9 Å². The van der Waals surface area contributed by atoms with E-state index in [1.54, 1.807) is 6.92 Å². The number of ether oxygens (including phenoxy) is 1. The van der Waals surface area contributed by atoms with Gasteiger partial charge in [-0.05, 0) is 68.9 Å². The van der Waals surface area contributed by atoms with Gasteiger partial charge in [0.05, 0.1) is 17.1 Å². The van der Waals surface area contributed by atoms with Gasteiger partial charge >= 0.3 is 5.97 Å². The molecule has 0 atom stereocenters. The van der Waals surface area contributed by atoms with Crippen molar-refractivity contribution in [2.75, 3.05) is 25.0 Å². The van der Waals surface area contributed by atoms with E-state index in [4.69, 9.17) is 4.74 Å². The minimum absolute atomic E-state index is 0.184. The highest BCUT2D eigenvalue weighted by atomic mass is 32.2. The number of esters is 1. The Kier molecular flexibility index (Phi) is 5.95. The van der Waals surface area contributed by atoms with Crippen molar-refractivity contribution in [3.63, 3.8) is 0 Å². The first kappa shape index (κ1) is 21.0. The molecule has 1 aromatic carbocycles. The number of thiophene rings is 1. The van der Waals surface area contributed by atoms with Crippen molar-refractivity contribution in [3.8, 4) is 0 Å². The van der Waals surface area contributed by atoms with Gasteiger partial charge in [0, 0.05) is 23.5 Å². The summed E-state index contributed by atoms with van der Waals surface area (Å²) in [5.41, 5.74) is 1.76. The molecule has 2 aromatic rings. The average molecular weight is 449 g/mol. The Morgan fingerprint density at radius 3 is 2.47 bits per heavy atom. The van der Waals surface area contributed by atoms with Crippen molar-refractivity contribution < 1.29 is 22.7 Å². The summed E-state index contributed by atoms with van der Waals surface area (Å²) in [6.45, 7) is 3.08. The molecule has 1 aliphatic carbocycles. The largest absolute Gasteiger partial charge is 0.462 e. The fourth-order valence-electron chi connectivity index (χ4n) is 3.94. The number of benzene rings is 1. The Balaban J connectivity index is 1.54. The maximum atomic E-state index is 12.8. The van der Waals surface area contributed by atoms with E-state index >= 15 is 0 Å². The Morgan fingerprint density at radius 1 is 1.10 bits per heavy atom. The third kappa shape index (κ3) is 3.89. The van der Waals surface area contributed by atoms with Crippen molar-refractivity contribution in [1.29, 1.82) is 0 Å². The van der Waals surface area contributed by atoms with Crippen molar-refractivity contribution in [1.82, 2.24) is 4.31 Å². The lowest BCUT2D eigenvalue weighted by atomic mass is 10.1. The highest BCUT2D eigenvalue weighted by Gasteiger charge is 2.29. The molecule has 0 spiro atoms. The summed E-state index contributed by atoms with van der Waals surface area (Å²) in [5, 5.41) is 3.32. The van der Waals surface area contributed by atoms with Crippen LogP contribution in [0.25, 0.3) is 0 Å². The zero-order valence-electron chi connectivity index (χ0n) is 16.8. The van der Waals surface area contributed by atoms with Crippen LogP contribution in [-0.4, -0.2) is 44.3 Å². The molecule has 1 aliphatic heterocycles. The molecule has 4 rings (SSSR count). The van der Waals surface area contributed by atoms with Crippen molar-refractivity contribution in [2.24, 2.45) is 0 Å². The zero-order chi connectivity index (χ0) is 21.3. The molecular weight excluding hydrogens is 424 g/mol. The highest BCUT2D eigenvalue weighted by molar-refractivity contribution is 7.89. The van der Waals surface area contributed by atoms with Gasteiger partial charge in [0.1, 0.15) is 5.00 Å². The third-order valence-corrected chi connectivity index (χ3v) is 8.57. The first-order valence-electron chi connectivity index (χ1n) is 10.1. The van der Waals surface area contributed by atoms with Gasteiger partial charge in [-0.15, -0.1) is 11.3 Å². The van der Waals surface area contributed by atoms with Crippen LogP contribution in [0.4, 0.5) is 5.00 Å². The van der Waals surface area contributed by atoms with E-state index in [-0.39, 0.29) is 17.4 Å². The number of fused-ring (bicyclic) bond motifs is 1. The molecule has 0 radical (unpaired) electrons. The Morgan fingerprint density at radius 2 is 1.80 bits per heavy atom. The molecule has 1 amide bonds. The minimum Gasteiger partial charge on any atom is -0.462 e. The molecule has 1 N–H and O–H groups in total. The van der Waals surface area contributed by atoms with Gasteiger partial charge in [-0.2, -0.15) is 4.31 Å². The number of hydrogen-bond donors (Lipinski definition) is 1. The number of carbonyl (C=O) groups is 2. The van der Waals surface area contributed by atoms with E-state index in [1.807, 2.05) is 0 Å². The Hall–Kier alpha value is -2.23. The number of carbonyl (C=O) groups excluding carboxylic acids is 2. The number of amides is 1. The molecule has 1 saturated heterocycles. The number of sulfonamides is 1. The maximum absolute atomic E-state index is 12.8. The number of rotatable bonds is 6. The van der Waals surface area contributed by atoms with Crippen LogP contribution in [0.3, 0.4) is 0 Å². The second-order valence-electron chi connectivity index (χ2n) is 7.37. The monoisotopic (exact) mass is 448 g/mol. The summed E-state index contributed by atoms with van der Waals surface area (Å²) in [6.07, 6.45) is 4.43. The standard InChI is InChI=1S/C21H24N2O5S2/c1-2-28-21(25)18-16-6-5-7-17(16)29-20(18)22-19(24)14-8-10-15(11-9-14)30(26,27)23-12-3-4-13-23/h8-11H,2-7,12-13H2,1H3,(H,22,24). The lowest BCUT2D eigenvalue weighted by Crippen LogP contribution is -2.27. The summed E-state index contributed by atoms with van der Waals surface area (Å²) in [7, 11) is -3.52. The van der Waals surface area contributed by atoms with Crippen LogP contribution in [-0.2, 0) is 27.6 Å². The van der Waals surface area contributed by atoms with Crippen LogP contribution in [0.2, 0.25) is 0 Å². The number of hydrogen-bond acceptors (Lipinski definition) is 6. The fourth-order valence-corrected chi connectivity index (χ4v) is 6.73. The first-order valence-corrected chi connectivity index (χ1v) is 12.4. The van der Waals surface area contributed by atoms with Crippen molar-refractivity contribution in [3.05, 3.63) is 45.8 Å². The van der Waals surface area contributed by atoms with Gasteiger partial charge in [-0.25, -0.2) is 13.2 Å². The van der Waals surface area contributed by atoms with Gasteiger partial charge in [-0.1, -0.05) is 0 Å². The van der Waals surface area contributed by atoms with Gasteiger partial charge < -0.3 is 10.1 Å². The molecule has 1 aromatic heterocycles. The molecule has 1 fully saturated rings. The van der Waals surface area contributed by atoms with Crippen LogP contribution in [0.1, 0.15) is 57.3 Å². The quantitative estimate of drug-likeness (QED) is 0.684. The van der Waals surface area contributed by atoms with Crippen LogP contribution in [0.5, 0.6) is 0 Å². The van der Waals surface area contributed by atoms with Crippen LogP contribution in [0, 0.1) is 0 Å². The topological polar surface area (TPSA) is 92.8 Å².